The molecule has 0 aliphatic carbocycles. The summed E-state index contributed by atoms with van der Waals surface area (Å²) in [5.41, 5.74) is 4.18. The molecule has 5 nitrogen and oxygen atoms in total. The normalized spacial score (nSPS) is 22.6. The van der Waals surface area contributed by atoms with Crippen molar-refractivity contribution < 1.29 is 19.0 Å². The third kappa shape index (κ3) is 3.42. The number of benzene rings is 1. The molecule has 1 atom stereocenters. The average Bonchev–Trinajstić information content (AvgIpc) is 2.79. The minimum atomic E-state index is -1.10. The van der Waals surface area contributed by atoms with Crippen LogP contribution in [0.1, 0.15) is 6.42 Å². The average molecular weight is 268 g/mol. The second-order valence-corrected chi connectivity index (χ2v) is 4.74. The largest absolute Gasteiger partial charge is 0.490 e. The maximum Gasteiger partial charge on any atom is 0.236 e. The van der Waals surface area contributed by atoms with E-state index in [0.29, 0.717) is 18.7 Å². The van der Waals surface area contributed by atoms with Gasteiger partial charge in [-0.2, -0.15) is 0 Å². The molecule has 2 rings (SSSR count). The van der Waals surface area contributed by atoms with Crippen LogP contribution in [0, 0.1) is 5.82 Å². The van der Waals surface area contributed by atoms with E-state index in [1.807, 2.05) is 0 Å². The number of halogens is 1. The van der Waals surface area contributed by atoms with Crippen molar-refractivity contribution in [3.63, 3.8) is 0 Å². The lowest BCUT2D eigenvalue weighted by molar-refractivity contribution is -0.129. The molecule has 0 saturated carbocycles. The number of hydrogen-bond donors (Lipinski definition) is 2. The predicted octanol–water partition coefficient (Wildman–Crippen LogP) is 0.127. The van der Waals surface area contributed by atoms with Crippen molar-refractivity contribution in [2.45, 2.75) is 12.0 Å². The number of hydrogen-bond acceptors (Lipinski definition) is 4. The molecule has 1 aromatic rings. The highest BCUT2D eigenvalue weighted by Gasteiger charge is 2.38. The molecule has 0 radical (unpaired) electrons. The van der Waals surface area contributed by atoms with Gasteiger partial charge in [0.1, 0.15) is 23.8 Å². The van der Waals surface area contributed by atoms with E-state index in [1.165, 1.54) is 23.1 Å². The minimum absolute atomic E-state index is 0.0187. The Balaban J connectivity index is 1.91. The van der Waals surface area contributed by atoms with Gasteiger partial charge < -0.3 is 20.5 Å². The van der Waals surface area contributed by atoms with Gasteiger partial charge in [0, 0.05) is 12.6 Å². The Labute approximate surface area is 110 Å². The lowest BCUT2D eigenvalue weighted by atomic mass is 10.1. The third-order valence-electron chi connectivity index (χ3n) is 3.16. The zero-order valence-electron chi connectivity index (χ0n) is 10.5. The fourth-order valence-corrected chi connectivity index (χ4v) is 2.09. The van der Waals surface area contributed by atoms with E-state index < -0.39 is 11.4 Å². The van der Waals surface area contributed by atoms with Gasteiger partial charge in [-0.05, 0) is 18.6 Å². The molecule has 3 N–H and O–H groups in total. The summed E-state index contributed by atoms with van der Waals surface area (Å²) >= 11 is 0. The van der Waals surface area contributed by atoms with Crippen LogP contribution in [0.15, 0.2) is 24.3 Å². The number of rotatable bonds is 4. The van der Waals surface area contributed by atoms with Crippen LogP contribution in [0.5, 0.6) is 5.75 Å². The smallest absolute Gasteiger partial charge is 0.236 e. The van der Waals surface area contributed by atoms with E-state index >= 15 is 0 Å². The van der Waals surface area contributed by atoms with E-state index in [9.17, 15) is 14.3 Å². The summed E-state index contributed by atoms with van der Waals surface area (Å²) in [6.45, 7) is 0.600. The standard InChI is InChI=1S/C13H17FN2O3/c14-10-2-1-3-11(6-10)19-9-13(18)4-5-16(8-13)12(17)7-15/h1-3,6,18H,4-5,7-9,15H2/t13-/m1/s1. The molecule has 0 bridgehead atoms. The number of amides is 1. The van der Waals surface area contributed by atoms with Crippen LogP contribution in [-0.4, -0.2) is 47.8 Å². The Kier molecular flexibility index (Phi) is 4.01. The monoisotopic (exact) mass is 268 g/mol. The van der Waals surface area contributed by atoms with Crippen molar-refractivity contribution in [2.75, 3.05) is 26.2 Å². The van der Waals surface area contributed by atoms with Gasteiger partial charge in [-0.1, -0.05) is 6.07 Å². The lowest BCUT2D eigenvalue weighted by Gasteiger charge is -2.23. The first-order valence-electron chi connectivity index (χ1n) is 6.11. The first-order valence-corrected chi connectivity index (χ1v) is 6.11. The predicted molar refractivity (Wildman–Crippen MR) is 67.1 cm³/mol. The summed E-state index contributed by atoms with van der Waals surface area (Å²) < 4.78 is 18.3. The van der Waals surface area contributed by atoms with Crippen LogP contribution < -0.4 is 10.5 Å². The molecule has 0 aromatic heterocycles. The van der Waals surface area contributed by atoms with Crippen LogP contribution in [0.25, 0.3) is 0 Å². The number of carbonyl (C=O) groups excluding carboxylic acids is 1. The van der Waals surface area contributed by atoms with Crippen molar-refractivity contribution in [1.29, 1.82) is 0 Å². The van der Waals surface area contributed by atoms with Gasteiger partial charge in [-0.3, -0.25) is 4.79 Å². The zero-order chi connectivity index (χ0) is 13.9. The molecular formula is C13H17FN2O3. The van der Waals surface area contributed by atoms with E-state index in [-0.39, 0.29) is 25.6 Å². The first-order chi connectivity index (χ1) is 9.02. The summed E-state index contributed by atoms with van der Waals surface area (Å²) in [5.74, 6) is -0.227. The SMILES string of the molecule is NCC(=O)N1CC[C@](O)(COc2cccc(F)c2)C1. The van der Waals surface area contributed by atoms with Crippen molar-refractivity contribution in [3.05, 3.63) is 30.1 Å². The quantitative estimate of drug-likeness (QED) is 0.813. The molecule has 1 saturated heterocycles. The summed E-state index contributed by atoms with van der Waals surface area (Å²) in [7, 11) is 0. The Bertz CT molecular complexity index is 469. The number of nitrogens with two attached hydrogens (primary N) is 1. The van der Waals surface area contributed by atoms with Crippen LogP contribution in [0.4, 0.5) is 4.39 Å². The highest BCUT2D eigenvalue weighted by molar-refractivity contribution is 5.78. The van der Waals surface area contributed by atoms with E-state index in [4.69, 9.17) is 10.5 Å². The fraction of sp³-hybridized carbons (Fsp3) is 0.462. The van der Waals surface area contributed by atoms with Crippen molar-refractivity contribution in [3.8, 4) is 5.75 Å². The number of nitrogens with zero attached hydrogens (tertiary/aromatic N) is 1. The highest BCUT2D eigenvalue weighted by atomic mass is 19.1. The lowest BCUT2D eigenvalue weighted by Crippen LogP contribution is -2.42. The maximum atomic E-state index is 13.0. The fourth-order valence-electron chi connectivity index (χ4n) is 2.09. The topological polar surface area (TPSA) is 75.8 Å². The van der Waals surface area contributed by atoms with Gasteiger partial charge in [0.25, 0.3) is 0 Å². The zero-order valence-corrected chi connectivity index (χ0v) is 10.5. The Morgan fingerprint density at radius 1 is 1.58 bits per heavy atom. The molecule has 1 aromatic carbocycles. The summed E-state index contributed by atoms with van der Waals surface area (Å²) in [5, 5.41) is 10.3. The van der Waals surface area contributed by atoms with Crippen molar-refractivity contribution in [2.24, 2.45) is 5.73 Å². The molecule has 0 unspecified atom stereocenters. The highest BCUT2D eigenvalue weighted by Crippen LogP contribution is 2.23. The first kappa shape index (κ1) is 13.8. The molecule has 1 heterocycles. The number of likely N-dealkylation sites (tertiary alicyclic amines) is 1. The second-order valence-electron chi connectivity index (χ2n) is 4.74. The summed E-state index contributed by atoms with van der Waals surface area (Å²) in [6, 6.07) is 5.72. The summed E-state index contributed by atoms with van der Waals surface area (Å²) in [6.07, 6.45) is 0.425. The van der Waals surface area contributed by atoms with E-state index in [0.717, 1.165) is 0 Å². The molecule has 6 heteroatoms. The van der Waals surface area contributed by atoms with Gasteiger partial charge in [0.05, 0.1) is 13.1 Å². The molecule has 1 amide bonds. The van der Waals surface area contributed by atoms with Crippen molar-refractivity contribution >= 4 is 5.91 Å². The molecule has 104 valence electrons. The Morgan fingerprint density at radius 2 is 2.37 bits per heavy atom. The third-order valence-corrected chi connectivity index (χ3v) is 3.16. The minimum Gasteiger partial charge on any atom is -0.490 e. The second kappa shape index (κ2) is 5.54. The Morgan fingerprint density at radius 3 is 3.05 bits per heavy atom. The molecule has 1 aliphatic heterocycles. The Hall–Kier alpha value is -1.66. The van der Waals surface area contributed by atoms with Crippen LogP contribution >= 0.6 is 0 Å². The van der Waals surface area contributed by atoms with Gasteiger partial charge in [0.15, 0.2) is 0 Å². The number of ether oxygens (including phenoxy) is 1. The molecule has 1 fully saturated rings. The van der Waals surface area contributed by atoms with Crippen LogP contribution in [0.2, 0.25) is 0 Å². The molecular weight excluding hydrogens is 251 g/mol. The number of β-amino-alcohol motifs (C(OH)–C–C–N with tert-alkyl or cyclic N) is 1. The van der Waals surface area contributed by atoms with Crippen molar-refractivity contribution in [1.82, 2.24) is 4.90 Å². The van der Waals surface area contributed by atoms with Gasteiger partial charge in [0.2, 0.25) is 5.91 Å². The van der Waals surface area contributed by atoms with Crippen LogP contribution in [0.3, 0.4) is 0 Å². The molecule has 1 aliphatic rings. The summed E-state index contributed by atoms with van der Waals surface area (Å²) in [4.78, 5) is 12.9. The number of aliphatic hydroxyl groups is 1. The molecule has 19 heavy (non-hydrogen) atoms. The maximum absolute atomic E-state index is 13.0. The van der Waals surface area contributed by atoms with Gasteiger partial charge in [-0.25, -0.2) is 4.39 Å². The number of carbonyl (C=O) groups is 1. The van der Waals surface area contributed by atoms with Crippen LogP contribution in [-0.2, 0) is 4.79 Å². The van der Waals surface area contributed by atoms with Gasteiger partial charge in [-0.15, -0.1) is 0 Å². The van der Waals surface area contributed by atoms with E-state index in [2.05, 4.69) is 0 Å². The van der Waals surface area contributed by atoms with Gasteiger partial charge >= 0.3 is 0 Å². The van der Waals surface area contributed by atoms with E-state index in [1.54, 1.807) is 6.07 Å². The molecule has 0 spiro atoms.